The van der Waals surface area contributed by atoms with Crippen molar-refractivity contribution < 1.29 is 9.13 Å². The average Bonchev–Trinajstić information content (AvgIpc) is 2.50. The maximum absolute atomic E-state index is 13.8. The van der Waals surface area contributed by atoms with Gasteiger partial charge >= 0.3 is 0 Å². The summed E-state index contributed by atoms with van der Waals surface area (Å²) in [5, 5.41) is 0.148. The number of benzene rings is 2. The molecule has 2 aromatic carbocycles. The molecule has 0 fully saturated rings. The highest BCUT2D eigenvalue weighted by atomic mass is 35.5. The topological polar surface area (TPSA) is 35.2 Å². The Morgan fingerprint density at radius 2 is 1.90 bits per heavy atom. The Labute approximate surface area is 129 Å². The van der Waals surface area contributed by atoms with E-state index in [-0.39, 0.29) is 16.9 Å². The number of hydrogen-bond acceptors (Lipinski definition) is 2. The van der Waals surface area contributed by atoms with E-state index >= 15 is 0 Å². The van der Waals surface area contributed by atoms with E-state index in [0.29, 0.717) is 12.0 Å². The number of halogens is 2. The molecule has 21 heavy (non-hydrogen) atoms. The molecule has 1 unspecified atom stereocenters. The number of ether oxygens (including phenoxy) is 1. The van der Waals surface area contributed by atoms with Crippen LogP contribution in [-0.4, -0.2) is 13.2 Å². The molecule has 0 bridgehead atoms. The van der Waals surface area contributed by atoms with Crippen molar-refractivity contribution in [3.8, 4) is 5.75 Å². The summed E-state index contributed by atoms with van der Waals surface area (Å²) >= 11 is 5.77. The number of aryl methyl sites for hydroxylation is 1. The van der Waals surface area contributed by atoms with Gasteiger partial charge in [-0.15, -0.1) is 0 Å². The minimum Gasteiger partial charge on any atom is -0.497 e. The summed E-state index contributed by atoms with van der Waals surface area (Å²) in [6.07, 6.45) is 2.13. The van der Waals surface area contributed by atoms with Crippen LogP contribution in [0.3, 0.4) is 0 Å². The van der Waals surface area contributed by atoms with Crippen LogP contribution in [0.25, 0.3) is 0 Å². The Hall–Kier alpha value is -1.58. The minimum absolute atomic E-state index is 0.0972. The van der Waals surface area contributed by atoms with E-state index in [4.69, 9.17) is 22.1 Å². The van der Waals surface area contributed by atoms with Gasteiger partial charge in [-0.3, -0.25) is 0 Å². The van der Waals surface area contributed by atoms with Crippen molar-refractivity contribution in [2.45, 2.75) is 25.3 Å². The first kappa shape index (κ1) is 15.8. The summed E-state index contributed by atoms with van der Waals surface area (Å²) in [6.45, 7) is 0. The third-order valence-corrected chi connectivity index (χ3v) is 3.77. The number of nitrogens with two attached hydrogens (primary N) is 1. The van der Waals surface area contributed by atoms with Crippen molar-refractivity contribution in [1.82, 2.24) is 0 Å². The SMILES string of the molecule is COc1ccc(CCC(N)Cc2cccc(Cl)c2F)cc1. The van der Waals surface area contributed by atoms with Crippen molar-refractivity contribution in [3.05, 3.63) is 64.4 Å². The van der Waals surface area contributed by atoms with Crippen LogP contribution >= 0.6 is 11.6 Å². The lowest BCUT2D eigenvalue weighted by Crippen LogP contribution is -2.24. The molecule has 2 nitrogen and oxygen atoms in total. The zero-order valence-electron chi connectivity index (χ0n) is 12.0. The van der Waals surface area contributed by atoms with Crippen LogP contribution in [0, 0.1) is 5.82 Å². The molecule has 0 spiro atoms. The second-order valence-electron chi connectivity index (χ2n) is 5.06. The molecule has 0 saturated heterocycles. The molecule has 0 amide bonds. The van der Waals surface area contributed by atoms with E-state index in [1.54, 1.807) is 25.3 Å². The molecule has 4 heteroatoms. The largest absolute Gasteiger partial charge is 0.497 e. The zero-order chi connectivity index (χ0) is 15.2. The average molecular weight is 308 g/mol. The summed E-state index contributed by atoms with van der Waals surface area (Å²) in [7, 11) is 1.64. The smallest absolute Gasteiger partial charge is 0.145 e. The van der Waals surface area contributed by atoms with E-state index in [2.05, 4.69) is 0 Å². The lowest BCUT2D eigenvalue weighted by molar-refractivity contribution is 0.414. The van der Waals surface area contributed by atoms with Crippen LogP contribution in [0.5, 0.6) is 5.75 Å². The molecule has 1 atom stereocenters. The first-order valence-corrected chi connectivity index (χ1v) is 7.29. The van der Waals surface area contributed by atoms with Crippen LogP contribution in [-0.2, 0) is 12.8 Å². The predicted molar refractivity (Wildman–Crippen MR) is 84.4 cm³/mol. The molecule has 112 valence electrons. The molecular weight excluding hydrogens is 289 g/mol. The molecule has 0 saturated carbocycles. The first-order chi connectivity index (χ1) is 10.1. The fourth-order valence-corrected chi connectivity index (χ4v) is 2.43. The lowest BCUT2D eigenvalue weighted by atomic mass is 9.99. The fourth-order valence-electron chi connectivity index (χ4n) is 2.23. The summed E-state index contributed by atoms with van der Waals surface area (Å²) in [5.41, 5.74) is 7.86. The van der Waals surface area contributed by atoms with E-state index in [0.717, 1.165) is 18.6 Å². The lowest BCUT2D eigenvalue weighted by Gasteiger charge is -2.13. The standard InChI is InChI=1S/C17H19ClFNO/c1-21-15-9-6-12(7-10-15)5-8-14(20)11-13-3-2-4-16(18)17(13)19/h2-4,6-7,9-10,14H,5,8,11,20H2,1H3. The van der Waals surface area contributed by atoms with Crippen molar-refractivity contribution in [2.24, 2.45) is 5.73 Å². The fraction of sp³-hybridized carbons (Fsp3) is 0.294. The van der Waals surface area contributed by atoms with E-state index in [1.165, 1.54) is 5.56 Å². The molecule has 0 aliphatic carbocycles. The summed E-state index contributed by atoms with van der Waals surface area (Å²) in [4.78, 5) is 0. The quantitative estimate of drug-likeness (QED) is 0.876. The molecule has 2 N–H and O–H groups in total. The highest BCUT2D eigenvalue weighted by molar-refractivity contribution is 6.30. The molecule has 2 rings (SSSR count). The second-order valence-corrected chi connectivity index (χ2v) is 5.47. The molecular formula is C17H19ClFNO. The Morgan fingerprint density at radius 1 is 1.19 bits per heavy atom. The van der Waals surface area contributed by atoms with Crippen LogP contribution in [0.2, 0.25) is 5.02 Å². The van der Waals surface area contributed by atoms with Crippen molar-refractivity contribution >= 4 is 11.6 Å². The Morgan fingerprint density at radius 3 is 2.57 bits per heavy atom. The van der Waals surface area contributed by atoms with Crippen LogP contribution in [0.15, 0.2) is 42.5 Å². The number of rotatable bonds is 6. The van der Waals surface area contributed by atoms with E-state index in [9.17, 15) is 4.39 Å². The van der Waals surface area contributed by atoms with Gasteiger partial charge in [0.25, 0.3) is 0 Å². The van der Waals surface area contributed by atoms with Gasteiger partial charge in [0, 0.05) is 6.04 Å². The first-order valence-electron chi connectivity index (χ1n) is 6.91. The van der Waals surface area contributed by atoms with Gasteiger partial charge < -0.3 is 10.5 Å². The normalized spacial score (nSPS) is 12.2. The van der Waals surface area contributed by atoms with Gasteiger partial charge in [-0.1, -0.05) is 35.9 Å². The summed E-state index contributed by atoms with van der Waals surface area (Å²) in [5.74, 6) is 0.475. The van der Waals surface area contributed by atoms with Gasteiger partial charge in [-0.25, -0.2) is 4.39 Å². The second kappa shape index (κ2) is 7.43. The molecule has 2 aromatic rings. The Kier molecular flexibility index (Phi) is 5.59. The maximum atomic E-state index is 13.8. The molecule has 0 aliphatic heterocycles. The summed E-state index contributed by atoms with van der Waals surface area (Å²) < 4.78 is 18.9. The monoisotopic (exact) mass is 307 g/mol. The van der Waals surface area contributed by atoms with Gasteiger partial charge in [0.1, 0.15) is 11.6 Å². The Balaban J connectivity index is 1.89. The van der Waals surface area contributed by atoms with Gasteiger partial charge in [0.05, 0.1) is 12.1 Å². The highest BCUT2D eigenvalue weighted by Crippen LogP contribution is 2.20. The van der Waals surface area contributed by atoms with E-state index < -0.39 is 0 Å². The van der Waals surface area contributed by atoms with Gasteiger partial charge in [0.2, 0.25) is 0 Å². The molecule has 0 aromatic heterocycles. The minimum atomic E-state index is -0.362. The van der Waals surface area contributed by atoms with Crippen LogP contribution < -0.4 is 10.5 Å². The van der Waals surface area contributed by atoms with E-state index in [1.807, 2.05) is 24.3 Å². The molecule has 0 heterocycles. The van der Waals surface area contributed by atoms with Gasteiger partial charge in [0.15, 0.2) is 0 Å². The zero-order valence-corrected chi connectivity index (χ0v) is 12.7. The number of methoxy groups -OCH3 is 1. The van der Waals surface area contributed by atoms with Gasteiger partial charge in [-0.2, -0.15) is 0 Å². The van der Waals surface area contributed by atoms with Crippen LogP contribution in [0.1, 0.15) is 17.5 Å². The molecule has 0 radical (unpaired) electrons. The number of hydrogen-bond donors (Lipinski definition) is 1. The third kappa shape index (κ3) is 4.45. The van der Waals surface area contributed by atoms with Crippen molar-refractivity contribution in [1.29, 1.82) is 0 Å². The highest BCUT2D eigenvalue weighted by Gasteiger charge is 2.11. The third-order valence-electron chi connectivity index (χ3n) is 3.48. The maximum Gasteiger partial charge on any atom is 0.145 e. The van der Waals surface area contributed by atoms with Crippen molar-refractivity contribution in [2.75, 3.05) is 7.11 Å². The molecule has 0 aliphatic rings. The van der Waals surface area contributed by atoms with Crippen molar-refractivity contribution in [3.63, 3.8) is 0 Å². The summed E-state index contributed by atoms with van der Waals surface area (Å²) in [6, 6.07) is 12.8. The predicted octanol–water partition coefficient (Wildman–Crippen LogP) is 3.99. The van der Waals surface area contributed by atoms with Crippen LogP contribution in [0.4, 0.5) is 4.39 Å². The van der Waals surface area contributed by atoms with Gasteiger partial charge in [-0.05, 0) is 48.6 Å². The Bertz CT molecular complexity index is 586.